The third-order valence-corrected chi connectivity index (χ3v) is 6.44. The minimum Gasteiger partial charge on any atom is -0.362 e. The predicted octanol–water partition coefficient (Wildman–Crippen LogP) is 5.58. The van der Waals surface area contributed by atoms with Crippen LogP contribution in [-0.2, 0) is 0 Å². The SMILES string of the molecule is OC1(C(F)(F)F)C2CCCCCC2=NN1c1nc(-c2ccc(Br)cc2)cs1. The molecule has 1 aliphatic carbocycles. The molecule has 0 radical (unpaired) electrons. The lowest BCUT2D eigenvalue weighted by atomic mass is 9.87. The molecule has 1 N–H and O–H groups in total. The molecule has 2 unspecified atom stereocenters. The number of fused-ring (bicyclic) bond motifs is 1. The fraction of sp³-hybridized carbons (Fsp3) is 0.444. The highest BCUT2D eigenvalue weighted by atomic mass is 79.9. The molecule has 4 nitrogen and oxygen atoms in total. The van der Waals surface area contributed by atoms with Crippen molar-refractivity contribution in [1.82, 2.24) is 4.98 Å². The predicted molar refractivity (Wildman–Crippen MR) is 103 cm³/mol. The van der Waals surface area contributed by atoms with Gasteiger partial charge in [0.05, 0.1) is 11.6 Å². The van der Waals surface area contributed by atoms with Crippen molar-refractivity contribution in [2.75, 3.05) is 5.01 Å². The van der Waals surface area contributed by atoms with E-state index in [1.54, 1.807) is 5.38 Å². The molecule has 0 bridgehead atoms. The van der Waals surface area contributed by atoms with Crippen LogP contribution >= 0.6 is 27.3 Å². The van der Waals surface area contributed by atoms with E-state index in [-0.39, 0.29) is 11.6 Å². The average molecular weight is 460 g/mol. The van der Waals surface area contributed by atoms with Crippen LogP contribution in [0.5, 0.6) is 0 Å². The highest BCUT2D eigenvalue weighted by Crippen LogP contribution is 2.50. The van der Waals surface area contributed by atoms with Crippen LogP contribution in [-0.4, -0.2) is 27.7 Å². The number of anilines is 1. The van der Waals surface area contributed by atoms with Gasteiger partial charge in [-0.05, 0) is 31.4 Å². The first-order valence-electron chi connectivity index (χ1n) is 8.69. The molecular formula is C18H17BrF3N3OS. The van der Waals surface area contributed by atoms with Gasteiger partial charge in [-0.15, -0.1) is 11.3 Å². The summed E-state index contributed by atoms with van der Waals surface area (Å²) in [6, 6.07) is 7.35. The Morgan fingerprint density at radius 3 is 2.63 bits per heavy atom. The van der Waals surface area contributed by atoms with Crippen LogP contribution in [0, 0.1) is 5.92 Å². The van der Waals surface area contributed by atoms with Crippen molar-refractivity contribution in [3.05, 3.63) is 34.1 Å². The second-order valence-corrected chi connectivity index (χ2v) is 8.55. The molecule has 2 aromatic rings. The summed E-state index contributed by atoms with van der Waals surface area (Å²) in [6.45, 7) is 0. The van der Waals surface area contributed by atoms with Gasteiger partial charge in [0.1, 0.15) is 0 Å². The first-order valence-corrected chi connectivity index (χ1v) is 10.4. The van der Waals surface area contributed by atoms with E-state index in [4.69, 9.17) is 0 Å². The molecule has 144 valence electrons. The molecule has 9 heteroatoms. The lowest BCUT2D eigenvalue weighted by Gasteiger charge is -2.37. The van der Waals surface area contributed by atoms with E-state index >= 15 is 0 Å². The third-order valence-electron chi connectivity index (χ3n) is 5.10. The molecule has 0 spiro atoms. The van der Waals surface area contributed by atoms with Gasteiger partial charge in [0, 0.05) is 21.1 Å². The summed E-state index contributed by atoms with van der Waals surface area (Å²) >= 11 is 4.40. The number of aromatic nitrogens is 1. The Labute approximate surface area is 166 Å². The number of hydrogen-bond acceptors (Lipinski definition) is 5. The maximum absolute atomic E-state index is 14.0. The normalized spacial score (nSPS) is 25.9. The third kappa shape index (κ3) is 3.19. The van der Waals surface area contributed by atoms with Crippen molar-refractivity contribution in [3.63, 3.8) is 0 Å². The number of thiazole rings is 1. The van der Waals surface area contributed by atoms with Crippen LogP contribution in [0.1, 0.15) is 32.1 Å². The van der Waals surface area contributed by atoms with Crippen LogP contribution < -0.4 is 5.01 Å². The molecule has 2 aliphatic rings. The van der Waals surface area contributed by atoms with Gasteiger partial charge in [-0.25, -0.2) is 4.98 Å². The Bertz CT molecular complexity index is 867. The first-order chi connectivity index (χ1) is 12.8. The molecule has 2 atom stereocenters. The van der Waals surface area contributed by atoms with Crippen molar-refractivity contribution >= 4 is 38.1 Å². The van der Waals surface area contributed by atoms with Gasteiger partial charge in [0.2, 0.25) is 5.13 Å². The summed E-state index contributed by atoms with van der Waals surface area (Å²) in [4.78, 5) is 4.34. The molecule has 2 heterocycles. The van der Waals surface area contributed by atoms with Crippen LogP contribution in [0.4, 0.5) is 18.3 Å². The zero-order valence-electron chi connectivity index (χ0n) is 14.2. The number of alkyl halides is 3. The second kappa shape index (κ2) is 6.86. The highest BCUT2D eigenvalue weighted by molar-refractivity contribution is 9.10. The monoisotopic (exact) mass is 459 g/mol. The fourth-order valence-electron chi connectivity index (χ4n) is 3.70. The van der Waals surface area contributed by atoms with Gasteiger partial charge >= 0.3 is 6.18 Å². The standard InChI is InChI=1S/C18H17BrF3N3OS/c19-12-8-6-11(7-9-12)15-10-27-16(23-15)25-17(26,18(20,21)22)13-4-2-1-3-5-14(13)24-25/h6-10,13,26H,1-5H2. The maximum atomic E-state index is 14.0. The number of benzene rings is 1. The van der Waals surface area contributed by atoms with Crippen molar-refractivity contribution < 1.29 is 18.3 Å². The maximum Gasteiger partial charge on any atom is 0.439 e. The number of hydrazone groups is 1. The first kappa shape index (κ1) is 18.9. The Hall–Kier alpha value is -1.45. The van der Waals surface area contributed by atoms with Gasteiger partial charge < -0.3 is 5.11 Å². The molecule has 1 aromatic heterocycles. The molecule has 0 amide bonds. The minimum absolute atomic E-state index is 0.0494. The quantitative estimate of drug-likeness (QED) is 0.637. The van der Waals surface area contributed by atoms with Gasteiger partial charge in [-0.2, -0.15) is 23.3 Å². The minimum atomic E-state index is -4.84. The van der Waals surface area contributed by atoms with E-state index in [1.165, 1.54) is 0 Å². The van der Waals surface area contributed by atoms with Crippen LogP contribution in [0.25, 0.3) is 11.3 Å². The van der Waals surface area contributed by atoms with Crippen molar-refractivity contribution in [1.29, 1.82) is 0 Å². The number of rotatable bonds is 2. The molecule has 27 heavy (non-hydrogen) atoms. The molecule has 4 rings (SSSR count). The van der Waals surface area contributed by atoms with Gasteiger partial charge in [-0.1, -0.05) is 40.9 Å². The molecule has 1 fully saturated rings. The summed E-state index contributed by atoms with van der Waals surface area (Å²) in [5, 5.41) is 17.5. The lowest BCUT2D eigenvalue weighted by Crippen LogP contribution is -2.60. The van der Waals surface area contributed by atoms with Crippen LogP contribution in [0.2, 0.25) is 0 Å². The Balaban J connectivity index is 1.74. The van der Waals surface area contributed by atoms with E-state index in [0.717, 1.165) is 34.2 Å². The zero-order valence-corrected chi connectivity index (χ0v) is 16.6. The molecule has 0 saturated heterocycles. The zero-order chi connectivity index (χ0) is 19.2. The molecular weight excluding hydrogens is 443 g/mol. The van der Waals surface area contributed by atoms with Gasteiger partial charge in [-0.3, -0.25) is 0 Å². The lowest BCUT2D eigenvalue weighted by molar-refractivity contribution is -0.268. The Morgan fingerprint density at radius 1 is 1.19 bits per heavy atom. The number of hydrogen-bond donors (Lipinski definition) is 1. The number of halogens is 4. The molecule has 1 saturated carbocycles. The van der Waals surface area contributed by atoms with Gasteiger partial charge in [0.25, 0.3) is 5.72 Å². The largest absolute Gasteiger partial charge is 0.439 e. The van der Waals surface area contributed by atoms with Gasteiger partial charge in [0.15, 0.2) is 0 Å². The number of nitrogens with zero attached hydrogens (tertiary/aromatic N) is 3. The van der Waals surface area contributed by atoms with Crippen molar-refractivity contribution in [2.24, 2.45) is 11.0 Å². The van der Waals surface area contributed by atoms with E-state index in [1.807, 2.05) is 24.3 Å². The summed E-state index contributed by atoms with van der Waals surface area (Å²) in [5.74, 6) is -1.04. The topological polar surface area (TPSA) is 48.7 Å². The van der Waals surface area contributed by atoms with Crippen molar-refractivity contribution in [3.8, 4) is 11.3 Å². The Kier molecular flexibility index (Phi) is 4.80. The fourth-order valence-corrected chi connectivity index (χ4v) is 4.80. The summed E-state index contributed by atoms with van der Waals surface area (Å²) < 4.78 is 42.8. The molecule has 1 aromatic carbocycles. The summed E-state index contributed by atoms with van der Waals surface area (Å²) in [7, 11) is 0. The average Bonchev–Trinajstić information content (AvgIpc) is 3.11. The molecule has 1 aliphatic heterocycles. The van der Waals surface area contributed by atoms with Crippen LogP contribution in [0.15, 0.2) is 39.2 Å². The summed E-state index contributed by atoms with van der Waals surface area (Å²) in [5.41, 5.74) is -1.27. The van der Waals surface area contributed by atoms with E-state index < -0.39 is 17.8 Å². The summed E-state index contributed by atoms with van der Waals surface area (Å²) in [6.07, 6.45) is -1.79. The van der Waals surface area contributed by atoms with Crippen molar-refractivity contribution in [2.45, 2.75) is 44.0 Å². The smallest absolute Gasteiger partial charge is 0.362 e. The number of aliphatic hydroxyl groups is 1. The van der Waals surface area contributed by atoms with E-state index in [9.17, 15) is 18.3 Å². The van der Waals surface area contributed by atoms with E-state index in [2.05, 4.69) is 26.0 Å². The highest BCUT2D eigenvalue weighted by Gasteiger charge is 2.67. The van der Waals surface area contributed by atoms with Crippen LogP contribution in [0.3, 0.4) is 0 Å². The Morgan fingerprint density at radius 2 is 1.93 bits per heavy atom. The van der Waals surface area contributed by atoms with E-state index in [0.29, 0.717) is 29.3 Å². The second-order valence-electron chi connectivity index (χ2n) is 6.80.